The summed E-state index contributed by atoms with van der Waals surface area (Å²) < 4.78 is 51.8. The van der Waals surface area contributed by atoms with Gasteiger partial charge in [-0.05, 0) is 19.2 Å². The first kappa shape index (κ1) is 21.5. The van der Waals surface area contributed by atoms with E-state index in [-0.39, 0.29) is 0 Å². The number of benzene rings is 2. The molecular formula is C19H22FN5O4S. The standard InChI is InChI=1S/C19H22FN5O4S/c1-21-30(26,27)18-9-14(15(25(2)3)7-12(18)20)24-19-11-6-16(28-4)17(29-5)8-13(11)22-10-23-19/h6-10,21H,1-5H3,(H,22,23,24). The Bertz CT molecular complexity index is 1200. The molecule has 0 fully saturated rings. The number of fused-ring (bicyclic) bond motifs is 1. The number of sulfonamides is 1. The van der Waals surface area contributed by atoms with Gasteiger partial charge < -0.3 is 19.7 Å². The second kappa shape index (κ2) is 8.28. The van der Waals surface area contributed by atoms with E-state index in [1.807, 2.05) is 0 Å². The molecule has 3 aromatic rings. The Kier molecular flexibility index (Phi) is 5.94. The van der Waals surface area contributed by atoms with Crippen LogP contribution in [0.3, 0.4) is 0 Å². The maximum absolute atomic E-state index is 14.5. The molecule has 1 heterocycles. The van der Waals surface area contributed by atoms with Crippen LogP contribution in [0.2, 0.25) is 0 Å². The van der Waals surface area contributed by atoms with Gasteiger partial charge in [0.25, 0.3) is 0 Å². The number of aromatic nitrogens is 2. The monoisotopic (exact) mass is 435 g/mol. The molecule has 0 aliphatic heterocycles. The molecule has 0 aliphatic rings. The predicted octanol–water partition coefficient (Wildman–Crippen LogP) is 2.50. The molecule has 0 radical (unpaired) electrons. The minimum absolute atomic E-state index is 0.352. The molecule has 0 amide bonds. The molecule has 11 heteroatoms. The summed E-state index contributed by atoms with van der Waals surface area (Å²) in [4.78, 5) is 9.70. The highest BCUT2D eigenvalue weighted by Gasteiger charge is 2.22. The number of anilines is 3. The fourth-order valence-electron chi connectivity index (χ4n) is 2.94. The van der Waals surface area contributed by atoms with E-state index < -0.39 is 20.7 Å². The number of hydrogen-bond acceptors (Lipinski definition) is 8. The molecule has 0 bridgehead atoms. The third kappa shape index (κ3) is 3.94. The lowest BCUT2D eigenvalue weighted by molar-refractivity contribution is 0.356. The van der Waals surface area contributed by atoms with Crippen molar-refractivity contribution in [3.63, 3.8) is 0 Å². The average Bonchev–Trinajstić information content (AvgIpc) is 2.73. The van der Waals surface area contributed by atoms with Gasteiger partial charge in [0.1, 0.15) is 22.9 Å². The Labute approximate surface area is 173 Å². The first-order valence-electron chi connectivity index (χ1n) is 8.80. The van der Waals surface area contributed by atoms with Crippen molar-refractivity contribution in [3.8, 4) is 11.5 Å². The highest BCUT2D eigenvalue weighted by atomic mass is 32.2. The smallest absolute Gasteiger partial charge is 0.243 e. The van der Waals surface area contributed by atoms with E-state index in [4.69, 9.17) is 9.47 Å². The third-order valence-corrected chi connectivity index (χ3v) is 5.91. The van der Waals surface area contributed by atoms with E-state index in [2.05, 4.69) is 20.0 Å². The number of nitrogens with one attached hydrogen (secondary N) is 2. The lowest BCUT2D eigenvalue weighted by Gasteiger charge is -2.20. The summed E-state index contributed by atoms with van der Waals surface area (Å²) in [6.07, 6.45) is 1.36. The van der Waals surface area contributed by atoms with Crippen LogP contribution in [0, 0.1) is 5.82 Å². The van der Waals surface area contributed by atoms with Gasteiger partial charge in [-0.1, -0.05) is 0 Å². The Balaban J connectivity index is 2.20. The van der Waals surface area contributed by atoms with Gasteiger partial charge in [0, 0.05) is 31.6 Å². The van der Waals surface area contributed by atoms with Gasteiger partial charge in [-0.3, -0.25) is 0 Å². The summed E-state index contributed by atoms with van der Waals surface area (Å²) in [6.45, 7) is 0. The van der Waals surface area contributed by atoms with Crippen LogP contribution in [0.5, 0.6) is 11.5 Å². The summed E-state index contributed by atoms with van der Waals surface area (Å²) in [5, 5.41) is 3.71. The molecule has 0 saturated carbocycles. The van der Waals surface area contributed by atoms with Gasteiger partial charge in [-0.2, -0.15) is 0 Å². The summed E-state index contributed by atoms with van der Waals surface area (Å²) in [5.74, 6) is 0.516. The van der Waals surface area contributed by atoms with Crippen LogP contribution in [-0.4, -0.2) is 53.7 Å². The molecule has 0 atom stereocenters. The van der Waals surface area contributed by atoms with Crippen LogP contribution in [0.25, 0.3) is 10.9 Å². The van der Waals surface area contributed by atoms with Gasteiger partial charge >= 0.3 is 0 Å². The summed E-state index contributed by atoms with van der Waals surface area (Å²) in [5.41, 5.74) is 1.38. The SMILES string of the molecule is CNS(=O)(=O)c1cc(Nc2ncnc3cc(OC)c(OC)cc23)c(N(C)C)cc1F. The minimum Gasteiger partial charge on any atom is -0.493 e. The highest BCUT2D eigenvalue weighted by molar-refractivity contribution is 7.89. The van der Waals surface area contributed by atoms with Crippen molar-refractivity contribution in [3.05, 3.63) is 36.4 Å². The number of methoxy groups -OCH3 is 2. The second-order valence-electron chi connectivity index (χ2n) is 6.47. The van der Waals surface area contributed by atoms with Crippen LogP contribution in [0.1, 0.15) is 0 Å². The van der Waals surface area contributed by atoms with E-state index in [1.54, 1.807) is 31.1 Å². The Morgan fingerprint density at radius 3 is 2.30 bits per heavy atom. The summed E-state index contributed by atoms with van der Waals surface area (Å²) in [7, 11) is 3.70. The van der Waals surface area contributed by atoms with Crippen LogP contribution >= 0.6 is 0 Å². The molecule has 0 aliphatic carbocycles. The van der Waals surface area contributed by atoms with E-state index in [1.165, 1.54) is 33.7 Å². The van der Waals surface area contributed by atoms with Crippen molar-refractivity contribution in [1.82, 2.24) is 14.7 Å². The van der Waals surface area contributed by atoms with Gasteiger partial charge in [0.2, 0.25) is 10.0 Å². The number of hydrogen-bond donors (Lipinski definition) is 2. The fourth-order valence-corrected chi connectivity index (χ4v) is 3.75. The van der Waals surface area contributed by atoms with Gasteiger partial charge in [-0.15, -0.1) is 0 Å². The molecule has 0 unspecified atom stereocenters. The normalized spacial score (nSPS) is 11.4. The van der Waals surface area contributed by atoms with Crippen LogP contribution in [0.15, 0.2) is 35.5 Å². The predicted molar refractivity (Wildman–Crippen MR) is 113 cm³/mol. The molecule has 3 rings (SSSR count). The second-order valence-corrected chi connectivity index (χ2v) is 8.33. The number of ether oxygens (including phenoxy) is 2. The van der Waals surface area contributed by atoms with Crippen molar-refractivity contribution in [2.45, 2.75) is 4.90 Å². The lowest BCUT2D eigenvalue weighted by atomic mass is 10.2. The van der Waals surface area contributed by atoms with Crippen molar-refractivity contribution in [2.75, 3.05) is 45.6 Å². The van der Waals surface area contributed by atoms with E-state index in [9.17, 15) is 12.8 Å². The van der Waals surface area contributed by atoms with Crippen molar-refractivity contribution < 1.29 is 22.3 Å². The van der Waals surface area contributed by atoms with Crippen LogP contribution < -0.4 is 24.4 Å². The van der Waals surface area contributed by atoms with Gasteiger partial charge in [0.05, 0.1) is 31.1 Å². The van der Waals surface area contributed by atoms with Crippen LogP contribution in [0.4, 0.5) is 21.6 Å². The minimum atomic E-state index is -4.00. The Morgan fingerprint density at radius 2 is 1.70 bits per heavy atom. The maximum Gasteiger partial charge on any atom is 0.243 e. The molecule has 0 spiro atoms. The highest BCUT2D eigenvalue weighted by Crippen LogP contribution is 2.37. The number of nitrogens with zero attached hydrogens (tertiary/aromatic N) is 3. The lowest BCUT2D eigenvalue weighted by Crippen LogP contribution is -2.21. The molecule has 1 aromatic heterocycles. The van der Waals surface area contributed by atoms with Gasteiger partial charge in [0.15, 0.2) is 11.5 Å². The first-order chi connectivity index (χ1) is 14.2. The Morgan fingerprint density at radius 1 is 1.03 bits per heavy atom. The van der Waals surface area contributed by atoms with E-state index in [0.717, 1.165) is 6.07 Å². The van der Waals surface area contributed by atoms with Crippen LogP contribution in [-0.2, 0) is 10.0 Å². The largest absolute Gasteiger partial charge is 0.493 e. The molecular weight excluding hydrogens is 413 g/mol. The van der Waals surface area contributed by atoms with E-state index in [0.29, 0.717) is 39.6 Å². The van der Waals surface area contributed by atoms with Gasteiger partial charge in [-0.25, -0.2) is 27.5 Å². The van der Waals surface area contributed by atoms with Crippen molar-refractivity contribution in [1.29, 1.82) is 0 Å². The van der Waals surface area contributed by atoms with Crippen molar-refractivity contribution in [2.24, 2.45) is 0 Å². The Hall–Kier alpha value is -3.18. The average molecular weight is 435 g/mol. The maximum atomic E-state index is 14.5. The molecule has 2 N–H and O–H groups in total. The summed E-state index contributed by atoms with van der Waals surface area (Å²) in [6, 6.07) is 5.79. The molecule has 160 valence electrons. The van der Waals surface area contributed by atoms with E-state index >= 15 is 0 Å². The number of rotatable bonds is 7. The topological polar surface area (TPSA) is 106 Å². The summed E-state index contributed by atoms with van der Waals surface area (Å²) >= 11 is 0. The molecule has 0 saturated heterocycles. The first-order valence-corrected chi connectivity index (χ1v) is 10.3. The fraction of sp³-hybridized carbons (Fsp3) is 0.263. The third-order valence-electron chi connectivity index (χ3n) is 4.48. The number of halogens is 1. The quantitative estimate of drug-likeness (QED) is 0.583. The zero-order chi connectivity index (χ0) is 22.1. The zero-order valence-electron chi connectivity index (χ0n) is 17.1. The van der Waals surface area contributed by atoms with Crippen molar-refractivity contribution >= 4 is 38.1 Å². The zero-order valence-corrected chi connectivity index (χ0v) is 18.0. The molecule has 9 nitrogen and oxygen atoms in total. The molecule has 2 aromatic carbocycles. The molecule has 30 heavy (non-hydrogen) atoms.